The molecule has 6 nitrogen and oxygen atoms in total. The summed E-state index contributed by atoms with van der Waals surface area (Å²) in [5, 5.41) is 1.50. The van der Waals surface area contributed by atoms with Crippen molar-refractivity contribution in [3.63, 3.8) is 0 Å². The minimum atomic E-state index is -1.33. The van der Waals surface area contributed by atoms with Crippen LogP contribution in [0.3, 0.4) is 0 Å². The molecule has 3 N–H and O–H groups in total. The Morgan fingerprint density at radius 1 is 1.00 bits per heavy atom. The predicted molar refractivity (Wildman–Crippen MR) is 121 cm³/mol. The Labute approximate surface area is 194 Å². The van der Waals surface area contributed by atoms with Crippen molar-refractivity contribution in [3.8, 4) is 0 Å². The van der Waals surface area contributed by atoms with Gasteiger partial charge in [0, 0.05) is 16.6 Å². The van der Waals surface area contributed by atoms with Gasteiger partial charge in [0.15, 0.2) is 0 Å². The number of nitrogens with one attached hydrogen (secondary N) is 1. The predicted octanol–water partition coefficient (Wildman–Crippen LogP) is 4.85. The van der Waals surface area contributed by atoms with Crippen LogP contribution in [0.5, 0.6) is 0 Å². The molecule has 1 amide bonds. The molecule has 172 valence electrons. The van der Waals surface area contributed by atoms with Crippen LogP contribution < -0.4 is 11.1 Å². The molecule has 0 saturated heterocycles. The van der Waals surface area contributed by atoms with E-state index in [0.717, 1.165) is 42.6 Å². The minimum absolute atomic E-state index is 0.0292. The van der Waals surface area contributed by atoms with E-state index in [1.165, 1.54) is 0 Å². The summed E-state index contributed by atoms with van der Waals surface area (Å²) >= 11 is 1.06. The average Bonchev–Trinajstić information content (AvgIpc) is 2.80. The summed E-state index contributed by atoms with van der Waals surface area (Å²) in [4.78, 5) is 25.7. The van der Waals surface area contributed by atoms with Crippen molar-refractivity contribution in [2.75, 3.05) is 12.8 Å². The molecule has 0 radical (unpaired) electrons. The van der Waals surface area contributed by atoms with E-state index in [0.29, 0.717) is 10.6 Å². The topological polar surface area (TPSA) is 90.6 Å². The van der Waals surface area contributed by atoms with Gasteiger partial charge in [-0.15, -0.1) is 11.8 Å². The van der Waals surface area contributed by atoms with Crippen LogP contribution in [-0.2, 0) is 20.9 Å². The fourth-order valence-electron chi connectivity index (χ4n) is 3.07. The Hall–Kier alpha value is -3.59. The molecule has 0 heterocycles. The molecule has 0 aliphatic rings. The van der Waals surface area contributed by atoms with E-state index in [-0.39, 0.29) is 12.2 Å². The Morgan fingerprint density at radius 2 is 1.64 bits per heavy atom. The maximum absolute atomic E-state index is 14.0. The summed E-state index contributed by atoms with van der Waals surface area (Å²) in [7, 11) is 1.15. The molecule has 33 heavy (non-hydrogen) atoms. The van der Waals surface area contributed by atoms with E-state index in [2.05, 4.69) is 5.32 Å². The van der Waals surface area contributed by atoms with Gasteiger partial charge in [-0.2, -0.15) is 0 Å². The number of halogens is 2. The Morgan fingerprint density at radius 3 is 2.27 bits per heavy atom. The highest BCUT2D eigenvalue weighted by Crippen LogP contribution is 2.41. The average molecular weight is 473 g/mol. The first-order valence-electron chi connectivity index (χ1n) is 9.89. The first kappa shape index (κ1) is 24.1. The molecule has 3 aromatic carbocycles. The number of amides is 1. The van der Waals surface area contributed by atoms with E-state index in [9.17, 15) is 18.4 Å². The molecule has 3 aromatic rings. The van der Waals surface area contributed by atoms with E-state index < -0.39 is 35.0 Å². The summed E-state index contributed by atoms with van der Waals surface area (Å²) in [6.45, 7) is -0.0292. The number of rotatable bonds is 8. The molecular weight excluding hydrogens is 450 g/mol. The van der Waals surface area contributed by atoms with Crippen LogP contribution in [-0.4, -0.2) is 25.2 Å². The van der Waals surface area contributed by atoms with Gasteiger partial charge in [0.1, 0.15) is 24.3 Å². The number of alkyl carbamates (subject to hydrolysis) is 1. The highest BCUT2D eigenvalue weighted by molar-refractivity contribution is 7.99. The van der Waals surface area contributed by atoms with Gasteiger partial charge in [-0.1, -0.05) is 42.5 Å². The van der Waals surface area contributed by atoms with Crippen molar-refractivity contribution in [2.45, 2.75) is 22.8 Å². The third-order valence-electron chi connectivity index (χ3n) is 4.63. The maximum atomic E-state index is 14.0. The Kier molecular flexibility index (Phi) is 8.26. The number of carbonyl (C=O) groups excluding carboxylic acids is 2. The molecule has 3 rings (SSSR count). The molecule has 0 bridgehead atoms. The molecule has 9 heteroatoms. The first-order valence-corrected chi connectivity index (χ1v) is 10.8. The van der Waals surface area contributed by atoms with E-state index in [1.54, 1.807) is 48.5 Å². The number of nitrogens with two attached hydrogens (primary N) is 1. The van der Waals surface area contributed by atoms with Crippen molar-refractivity contribution < 1.29 is 27.8 Å². The first-order chi connectivity index (χ1) is 15.9. The van der Waals surface area contributed by atoms with Crippen molar-refractivity contribution in [1.29, 1.82) is 0 Å². The minimum Gasteiger partial charge on any atom is -0.467 e. The molecule has 0 fully saturated rings. The SMILES string of the molecule is COC(=O)[C@@H](NC(=O)OCc1ccccc1)C(Sc1ccccc1N)c1cc(F)cc(F)c1. The van der Waals surface area contributed by atoms with Crippen LogP contribution >= 0.6 is 11.8 Å². The highest BCUT2D eigenvalue weighted by Gasteiger charge is 2.34. The van der Waals surface area contributed by atoms with Gasteiger partial charge in [0.25, 0.3) is 0 Å². The fraction of sp³-hybridized carbons (Fsp3) is 0.167. The van der Waals surface area contributed by atoms with Crippen LogP contribution in [0.2, 0.25) is 0 Å². The molecule has 1 unspecified atom stereocenters. The zero-order chi connectivity index (χ0) is 23.8. The van der Waals surface area contributed by atoms with Crippen LogP contribution in [0.25, 0.3) is 0 Å². The standard InChI is InChI=1S/C24H22F2N2O4S/c1-31-23(29)21(28-24(30)32-14-15-7-3-2-4-8-15)22(16-11-17(25)13-18(26)12-16)33-20-10-6-5-9-19(20)27/h2-13,21-22H,14,27H2,1H3,(H,28,30)/t21-,22?/m0/s1. The molecule has 0 saturated carbocycles. The molecular formula is C24H22F2N2O4S. The smallest absolute Gasteiger partial charge is 0.408 e. The number of thioether (sulfide) groups is 1. The van der Waals surface area contributed by atoms with E-state index in [4.69, 9.17) is 15.2 Å². The number of hydrogen-bond donors (Lipinski definition) is 2. The Balaban J connectivity index is 1.91. The van der Waals surface area contributed by atoms with Gasteiger partial charge < -0.3 is 20.5 Å². The number of ether oxygens (including phenoxy) is 2. The number of hydrogen-bond acceptors (Lipinski definition) is 6. The highest BCUT2D eigenvalue weighted by atomic mass is 32.2. The lowest BCUT2D eigenvalue weighted by Crippen LogP contribution is -2.45. The largest absolute Gasteiger partial charge is 0.467 e. The lowest BCUT2D eigenvalue weighted by atomic mass is 10.0. The molecule has 0 aliphatic carbocycles. The van der Waals surface area contributed by atoms with Gasteiger partial charge in [-0.05, 0) is 35.4 Å². The van der Waals surface area contributed by atoms with Gasteiger partial charge in [0.2, 0.25) is 0 Å². The molecule has 0 aliphatic heterocycles. The number of esters is 1. The van der Waals surface area contributed by atoms with Crippen molar-refractivity contribution in [2.24, 2.45) is 0 Å². The summed E-state index contributed by atoms with van der Waals surface area (Å²) in [5.74, 6) is -2.47. The lowest BCUT2D eigenvalue weighted by Gasteiger charge is -2.26. The lowest BCUT2D eigenvalue weighted by molar-refractivity contribution is -0.143. The summed E-state index contributed by atoms with van der Waals surface area (Å²) in [6.07, 6.45) is -0.891. The molecule has 0 spiro atoms. The number of anilines is 1. The van der Waals surface area contributed by atoms with Crippen molar-refractivity contribution in [3.05, 3.63) is 95.6 Å². The maximum Gasteiger partial charge on any atom is 0.408 e. The second kappa shape index (κ2) is 11.3. The van der Waals surface area contributed by atoms with Crippen molar-refractivity contribution >= 4 is 29.5 Å². The molecule has 0 aromatic heterocycles. The Bertz CT molecular complexity index is 1090. The zero-order valence-electron chi connectivity index (χ0n) is 17.7. The van der Waals surface area contributed by atoms with E-state index in [1.807, 2.05) is 6.07 Å². The monoisotopic (exact) mass is 472 g/mol. The summed E-state index contributed by atoms with van der Waals surface area (Å²) in [5.41, 5.74) is 7.31. The normalized spacial score (nSPS) is 12.5. The van der Waals surface area contributed by atoms with Gasteiger partial charge in [-0.25, -0.2) is 18.4 Å². The number of benzene rings is 3. The zero-order valence-corrected chi connectivity index (χ0v) is 18.5. The quantitative estimate of drug-likeness (QED) is 0.277. The second-order valence-electron chi connectivity index (χ2n) is 6.99. The van der Waals surface area contributed by atoms with Crippen LogP contribution in [0.15, 0.2) is 77.7 Å². The van der Waals surface area contributed by atoms with Crippen LogP contribution in [0.4, 0.5) is 19.3 Å². The van der Waals surface area contributed by atoms with E-state index >= 15 is 0 Å². The van der Waals surface area contributed by atoms with Crippen LogP contribution in [0.1, 0.15) is 16.4 Å². The second-order valence-corrected chi connectivity index (χ2v) is 8.17. The van der Waals surface area contributed by atoms with Gasteiger partial charge in [0.05, 0.1) is 12.4 Å². The summed E-state index contributed by atoms with van der Waals surface area (Å²) < 4.78 is 38.1. The third kappa shape index (κ3) is 6.69. The van der Waals surface area contributed by atoms with Crippen molar-refractivity contribution in [1.82, 2.24) is 5.32 Å². The molecule has 2 atom stereocenters. The fourth-order valence-corrected chi connectivity index (χ4v) is 4.29. The van der Waals surface area contributed by atoms with Crippen LogP contribution in [0, 0.1) is 11.6 Å². The summed E-state index contributed by atoms with van der Waals surface area (Å²) in [6, 6.07) is 17.3. The van der Waals surface area contributed by atoms with Gasteiger partial charge in [-0.3, -0.25) is 0 Å². The van der Waals surface area contributed by atoms with Gasteiger partial charge >= 0.3 is 12.1 Å². The third-order valence-corrected chi connectivity index (χ3v) is 6.05. The number of methoxy groups -OCH3 is 1. The number of nitrogen functional groups attached to an aromatic ring is 1. The number of carbonyl (C=O) groups is 2. The number of para-hydroxylation sites is 1.